The maximum absolute atomic E-state index is 12.5. The number of carbonyl (C=O) groups excluding carboxylic acids is 1. The summed E-state index contributed by atoms with van der Waals surface area (Å²) in [6.45, 7) is -0.297. The fraction of sp³-hybridized carbons (Fsp3) is 0.400. The van der Waals surface area contributed by atoms with Crippen molar-refractivity contribution < 1.29 is 31.8 Å². The van der Waals surface area contributed by atoms with Crippen molar-refractivity contribution in [1.29, 1.82) is 0 Å². The van der Waals surface area contributed by atoms with Crippen molar-refractivity contribution in [1.82, 2.24) is 4.98 Å². The zero-order valence-electron chi connectivity index (χ0n) is 9.20. The minimum absolute atomic E-state index is 0.0459. The molecule has 8 heteroatoms. The summed E-state index contributed by atoms with van der Waals surface area (Å²) in [4.78, 5) is 14.1. The van der Waals surface area contributed by atoms with Crippen molar-refractivity contribution in [2.45, 2.75) is 19.3 Å². The molecule has 1 aromatic rings. The number of aromatic nitrogens is 1. The van der Waals surface area contributed by atoms with Gasteiger partial charge in [0, 0.05) is 13.0 Å². The molecule has 0 N–H and O–H groups in total. The van der Waals surface area contributed by atoms with E-state index < -0.39 is 24.9 Å². The highest BCUT2D eigenvalue weighted by Crippen LogP contribution is 2.24. The third kappa shape index (κ3) is 4.19. The van der Waals surface area contributed by atoms with Crippen LogP contribution in [0.5, 0.6) is 11.6 Å². The Bertz CT molecular complexity index is 408. The van der Waals surface area contributed by atoms with E-state index in [1.165, 1.54) is 12.1 Å². The fourth-order valence-corrected chi connectivity index (χ4v) is 0.902. The molecule has 0 bridgehead atoms. The molecule has 4 nitrogen and oxygen atoms in total. The Labute approximate surface area is 99.5 Å². The number of hydrogen-bond donors (Lipinski definition) is 0. The first-order valence-electron chi connectivity index (χ1n) is 4.74. The highest BCUT2D eigenvalue weighted by molar-refractivity contribution is 5.68. The molecule has 0 fully saturated rings. The molecule has 0 radical (unpaired) electrons. The van der Waals surface area contributed by atoms with Gasteiger partial charge in [0.2, 0.25) is 5.88 Å². The first-order chi connectivity index (χ1) is 8.31. The highest BCUT2D eigenvalue weighted by Gasteiger charge is 2.41. The summed E-state index contributed by atoms with van der Waals surface area (Å²) in [5, 5.41) is 0. The van der Waals surface area contributed by atoms with E-state index in [9.17, 15) is 22.4 Å². The normalized spacial score (nSPS) is 11.4. The van der Waals surface area contributed by atoms with E-state index in [4.69, 9.17) is 0 Å². The minimum atomic E-state index is -4.23. The van der Waals surface area contributed by atoms with Gasteiger partial charge in [0.25, 0.3) is 0 Å². The van der Waals surface area contributed by atoms with Gasteiger partial charge in [-0.1, -0.05) is 0 Å². The lowest BCUT2D eigenvalue weighted by molar-refractivity contribution is -0.148. The average Bonchev–Trinajstić information content (AvgIpc) is 2.27. The van der Waals surface area contributed by atoms with E-state index in [1.54, 1.807) is 0 Å². The summed E-state index contributed by atoms with van der Waals surface area (Å²) in [5.74, 6) is -5.00. The summed E-state index contributed by atoms with van der Waals surface area (Å²) < 4.78 is 57.7. The summed E-state index contributed by atoms with van der Waals surface area (Å²) in [5.41, 5.74) is 0. The highest BCUT2D eigenvalue weighted by atomic mass is 19.3. The SMILES string of the molecule is CC(=O)Oc1ccc(OCC(F)(F)C(F)F)cn1. The molecule has 0 aliphatic heterocycles. The molecule has 0 aromatic carbocycles. The van der Waals surface area contributed by atoms with Crippen molar-refractivity contribution in [2.24, 2.45) is 0 Å². The molecule has 1 aromatic heterocycles. The Morgan fingerprint density at radius 3 is 2.56 bits per heavy atom. The lowest BCUT2D eigenvalue weighted by Gasteiger charge is -2.15. The van der Waals surface area contributed by atoms with Crippen molar-refractivity contribution in [3.63, 3.8) is 0 Å². The van der Waals surface area contributed by atoms with Gasteiger partial charge < -0.3 is 9.47 Å². The molecule has 0 aliphatic carbocycles. The number of halogens is 4. The van der Waals surface area contributed by atoms with Gasteiger partial charge in [-0.15, -0.1) is 0 Å². The molecule has 0 spiro atoms. The molecule has 100 valence electrons. The Balaban J connectivity index is 2.56. The van der Waals surface area contributed by atoms with Crippen LogP contribution in [-0.2, 0) is 4.79 Å². The summed E-state index contributed by atoms with van der Waals surface area (Å²) in [6, 6.07) is 2.37. The quantitative estimate of drug-likeness (QED) is 0.606. The van der Waals surface area contributed by atoms with Gasteiger partial charge in [0.15, 0.2) is 6.61 Å². The van der Waals surface area contributed by atoms with E-state index in [-0.39, 0.29) is 11.6 Å². The van der Waals surface area contributed by atoms with E-state index in [0.29, 0.717) is 0 Å². The monoisotopic (exact) mass is 267 g/mol. The lowest BCUT2D eigenvalue weighted by Crippen LogP contribution is -2.33. The van der Waals surface area contributed by atoms with Crippen molar-refractivity contribution >= 4 is 5.97 Å². The molecular weight excluding hydrogens is 258 g/mol. The number of ether oxygens (including phenoxy) is 2. The topological polar surface area (TPSA) is 48.4 Å². The van der Waals surface area contributed by atoms with E-state index in [0.717, 1.165) is 13.1 Å². The Hall–Kier alpha value is -1.86. The Kier molecular flexibility index (Phi) is 4.46. The fourth-order valence-electron chi connectivity index (χ4n) is 0.902. The zero-order valence-corrected chi connectivity index (χ0v) is 9.20. The van der Waals surface area contributed by atoms with Gasteiger partial charge in [-0.2, -0.15) is 8.78 Å². The molecule has 0 unspecified atom stereocenters. The number of nitrogens with zero attached hydrogens (tertiary/aromatic N) is 1. The smallest absolute Gasteiger partial charge is 0.340 e. The van der Waals surface area contributed by atoms with Gasteiger partial charge in [0.1, 0.15) is 5.75 Å². The largest absolute Gasteiger partial charge is 0.485 e. The maximum Gasteiger partial charge on any atom is 0.340 e. The predicted octanol–water partition coefficient (Wildman–Crippen LogP) is 2.29. The number of hydrogen-bond acceptors (Lipinski definition) is 4. The van der Waals surface area contributed by atoms with Gasteiger partial charge in [0.05, 0.1) is 6.20 Å². The van der Waals surface area contributed by atoms with Crippen molar-refractivity contribution in [2.75, 3.05) is 6.61 Å². The van der Waals surface area contributed by atoms with Gasteiger partial charge in [-0.05, 0) is 6.07 Å². The zero-order chi connectivity index (χ0) is 13.8. The second-order valence-electron chi connectivity index (χ2n) is 3.28. The number of alkyl halides is 4. The average molecular weight is 267 g/mol. The maximum atomic E-state index is 12.5. The summed E-state index contributed by atoms with van der Waals surface area (Å²) in [7, 11) is 0. The molecule has 0 saturated heterocycles. The van der Waals surface area contributed by atoms with Crippen molar-refractivity contribution in [3.05, 3.63) is 18.3 Å². The number of pyridine rings is 1. The molecular formula is C10H9F4NO3. The van der Waals surface area contributed by atoms with Crippen LogP contribution >= 0.6 is 0 Å². The molecule has 1 heterocycles. The van der Waals surface area contributed by atoms with Crippen LogP contribution in [0.2, 0.25) is 0 Å². The van der Waals surface area contributed by atoms with Crippen LogP contribution < -0.4 is 9.47 Å². The molecule has 0 atom stereocenters. The minimum Gasteiger partial charge on any atom is -0.485 e. The summed E-state index contributed by atoms with van der Waals surface area (Å²) >= 11 is 0. The van der Waals surface area contributed by atoms with Crippen LogP contribution in [0.15, 0.2) is 18.3 Å². The second kappa shape index (κ2) is 5.65. The first-order valence-corrected chi connectivity index (χ1v) is 4.74. The third-order valence-corrected chi connectivity index (χ3v) is 1.71. The van der Waals surface area contributed by atoms with E-state index in [2.05, 4.69) is 14.5 Å². The Morgan fingerprint density at radius 1 is 1.44 bits per heavy atom. The first kappa shape index (κ1) is 14.2. The lowest BCUT2D eigenvalue weighted by atomic mass is 10.4. The van der Waals surface area contributed by atoms with Crippen LogP contribution in [0.1, 0.15) is 6.92 Å². The Morgan fingerprint density at radius 2 is 2.11 bits per heavy atom. The standard InChI is InChI=1S/C10H9F4NO3/c1-6(16)18-8-3-2-7(4-15-8)17-5-10(13,14)9(11)12/h2-4,9H,5H2,1H3. The van der Waals surface area contributed by atoms with Crippen LogP contribution in [-0.4, -0.2) is 29.9 Å². The second-order valence-corrected chi connectivity index (χ2v) is 3.28. The number of carbonyl (C=O) groups is 1. The van der Waals surface area contributed by atoms with Gasteiger partial charge in [-0.3, -0.25) is 4.79 Å². The van der Waals surface area contributed by atoms with Crippen LogP contribution in [0.3, 0.4) is 0 Å². The van der Waals surface area contributed by atoms with Crippen molar-refractivity contribution in [3.8, 4) is 11.6 Å². The predicted molar refractivity (Wildman–Crippen MR) is 52.0 cm³/mol. The van der Waals surface area contributed by atoms with Crippen LogP contribution in [0, 0.1) is 0 Å². The van der Waals surface area contributed by atoms with Crippen LogP contribution in [0.4, 0.5) is 17.6 Å². The third-order valence-electron chi connectivity index (χ3n) is 1.71. The summed E-state index contributed by atoms with van der Waals surface area (Å²) in [6.07, 6.45) is -2.81. The number of esters is 1. The molecule has 18 heavy (non-hydrogen) atoms. The molecule has 1 rings (SSSR count). The van der Waals surface area contributed by atoms with E-state index >= 15 is 0 Å². The molecule has 0 saturated carbocycles. The van der Waals surface area contributed by atoms with Gasteiger partial charge in [-0.25, -0.2) is 13.8 Å². The van der Waals surface area contributed by atoms with Gasteiger partial charge >= 0.3 is 18.3 Å². The number of rotatable bonds is 5. The molecule has 0 amide bonds. The van der Waals surface area contributed by atoms with E-state index in [1.807, 2.05) is 0 Å². The van der Waals surface area contributed by atoms with Crippen LogP contribution in [0.25, 0.3) is 0 Å². The molecule has 0 aliphatic rings.